The Labute approximate surface area is 119 Å². The molecule has 1 saturated heterocycles. The van der Waals surface area contributed by atoms with E-state index in [2.05, 4.69) is 43.5 Å². The fraction of sp³-hybridized carbons (Fsp3) is 0.636. The minimum Gasteiger partial charge on any atom is -0.380 e. The van der Waals surface area contributed by atoms with Gasteiger partial charge in [-0.1, -0.05) is 6.92 Å². The normalized spacial score (nSPS) is 17.4. The van der Waals surface area contributed by atoms with Gasteiger partial charge >= 0.3 is 0 Å². The topological polar surface area (TPSA) is 70.7 Å². The maximum absolute atomic E-state index is 5.26. The van der Waals surface area contributed by atoms with Crippen LogP contribution in [0, 0.1) is 5.41 Å². The zero-order chi connectivity index (χ0) is 13.3. The van der Waals surface area contributed by atoms with Gasteiger partial charge in [-0.05, 0) is 26.4 Å². The highest BCUT2D eigenvalue weighted by atomic mass is 79.9. The molecule has 0 aliphatic carbocycles. The lowest BCUT2D eigenvalue weighted by molar-refractivity contribution is -0.112. The summed E-state index contributed by atoms with van der Waals surface area (Å²) in [6.07, 6.45) is 4.48. The predicted octanol–water partition coefficient (Wildman–Crippen LogP) is 0.911. The van der Waals surface area contributed by atoms with Crippen LogP contribution >= 0.6 is 15.9 Å². The van der Waals surface area contributed by atoms with Gasteiger partial charge in [-0.3, -0.25) is 4.68 Å². The van der Waals surface area contributed by atoms with Crippen LogP contribution in [0.1, 0.15) is 12.7 Å². The maximum atomic E-state index is 5.26. The van der Waals surface area contributed by atoms with Gasteiger partial charge in [0.1, 0.15) is 0 Å². The van der Waals surface area contributed by atoms with Crippen molar-refractivity contribution in [1.82, 2.24) is 30.0 Å². The van der Waals surface area contributed by atoms with E-state index in [1.807, 2.05) is 15.6 Å². The number of hydrogen-bond donors (Lipinski definition) is 0. The third-order valence-corrected chi connectivity index (χ3v) is 3.61. The summed E-state index contributed by atoms with van der Waals surface area (Å²) in [5.74, 6) is 0.889. The Bertz CT molecular complexity index is 561. The number of aryl methyl sites for hydroxylation is 2. The highest BCUT2D eigenvalue weighted by molar-refractivity contribution is 9.10. The van der Waals surface area contributed by atoms with E-state index in [0.29, 0.717) is 0 Å². The second-order valence-electron chi connectivity index (χ2n) is 5.23. The van der Waals surface area contributed by atoms with Gasteiger partial charge in [-0.25, -0.2) is 4.68 Å². The number of ether oxygens (including phenoxy) is 1. The SMILES string of the molecule is CC1(Cn2nnnc2CCn2cc(Br)cn2)COC1. The quantitative estimate of drug-likeness (QED) is 0.816. The molecule has 0 atom stereocenters. The smallest absolute Gasteiger partial charge is 0.153 e. The van der Waals surface area contributed by atoms with E-state index in [1.54, 1.807) is 6.20 Å². The van der Waals surface area contributed by atoms with Gasteiger partial charge in [0.05, 0.1) is 30.4 Å². The number of aromatic nitrogens is 6. The lowest BCUT2D eigenvalue weighted by Crippen LogP contribution is -2.43. The summed E-state index contributed by atoms with van der Waals surface area (Å²) < 4.78 is 9.98. The zero-order valence-electron chi connectivity index (χ0n) is 10.7. The first kappa shape index (κ1) is 12.7. The van der Waals surface area contributed by atoms with Crippen molar-refractivity contribution in [2.45, 2.75) is 26.4 Å². The second kappa shape index (κ2) is 5.01. The first-order valence-electron chi connectivity index (χ1n) is 6.15. The summed E-state index contributed by atoms with van der Waals surface area (Å²) in [6.45, 7) is 5.31. The number of nitrogens with zero attached hydrogens (tertiary/aromatic N) is 6. The standard InChI is InChI=1S/C11H15BrN6O/c1-11(7-19-8-11)6-18-10(14-15-16-18)2-3-17-5-9(12)4-13-17/h4-5H,2-3,6-8H2,1H3. The van der Waals surface area contributed by atoms with Gasteiger partial charge in [0, 0.05) is 24.6 Å². The lowest BCUT2D eigenvalue weighted by atomic mass is 9.89. The Morgan fingerprint density at radius 2 is 2.32 bits per heavy atom. The van der Waals surface area contributed by atoms with E-state index in [4.69, 9.17) is 4.74 Å². The highest BCUT2D eigenvalue weighted by Gasteiger charge is 2.34. The van der Waals surface area contributed by atoms with Crippen LogP contribution in [0.25, 0.3) is 0 Å². The molecule has 3 heterocycles. The first-order valence-corrected chi connectivity index (χ1v) is 6.95. The largest absolute Gasteiger partial charge is 0.380 e. The van der Waals surface area contributed by atoms with Crippen LogP contribution < -0.4 is 0 Å². The summed E-state index contributed by atoms with van der Waals surface area (Å²) in [5, 5.41) is 16.1. The van der Waals surface area contributed by atoms with E-state index in [-0.39, 0.29) is 5.41 Å². The van der Waals surface area contributed by atoms with Crippen molar-refractivity contribution in [2.75, 3.05) is 13.2 Å². The van der Waals surface area contributed by atoms with Gasteiger partial charge in [0.2, 0.25) is 0 Å². The fourth-order valence-corrected chi connectivity index (χ4v) is 2.43. The van der Waals surface area contributed by atoms with Crippen LogP contribution in [0.2, 0.25) is 0 Å². The van der Waals surface area contributed by atoms with Crippen molar-refractivity contribution in [2.24, 2.45) is 5.41 Å². The molecule has 0 spiro atoms. The Balaban J connectivity index is 1.63. The molecule has 0 radical (unpaired) electrons. The Hall–Kier alpha value is -1.28. The maximum Gasteiger partial charge on any atom is 0.153 e. The molecule has 2 aromatic heterocycles. The molecular formula is C11H15BrN6O. The summed E-state index contributed by atoms with van der Waals surface area (Å²) in [5.41, 5.74) is 0.166. The minimum absolute atomic E-state index is 0.166. The molecule has 2 aromatic rings. The molecule has 1 fully saturated rings. The van der Waals surface area contributed by atoms with Crippen LogP contribution in [0.5, 0.6) is 0 Å². The van der Waals surface area contributed by atoms with Crippen molar-refractivity contribution in [1.29, 1.82) is 0 Å². The molecule has 8 heteroatoms. The highest BCUT2D eigenvalue weighted by Crippen LogP contribution is 2.28. The van der Waals surface area contributed by atoms with Crippen molar-refractivity contribution < 1.29 is 4.74 Å². The molecule has 0 amide bonds. The van der Waals surface area contributed by atoms with E-state index in [9.17, 15) is 0 Å². The fourth-order valence-electron chi connectivity index (χ4n) is 2.10. The Kier molecular flexibility index (Phi) is 3.36. The van der Waals surface area contributed by atoms with Gasteiger partial charge in [0.25, 0.3) is 0 Å². The average Bonchev–Trinajstić information content (AvgIpc) is 2.94. The van der Waals surface area contributed by atoms with Gasteiger partial charge < -0.3 is 4.74 Å². The monoisotopic (exact) mass is 326 g/mol. The number of rotatable bonds is 5. The summed E-state index contributed by atoms with van der Waals surface area (Å²) >= 11 is 3.38. The number of hydrogen-bond acceptors (Lipinski definition) is 5. The first-order chi connectivity index (χ1) is 9.15. The minimum atomic E-state index is 0.166. The van der Waals surface area contributed by atoms with Crippen LogP contribution in [0.4, 0.5) is 0 Å². The number of tetrazole rings is 1. The molecule has 1 aliphatic heterocycles. The van der Waals surface area contributed by atoms with Gasteiger partial charge in [-0.15, -0.1) is 5.10 Å². The molecule has 0 N–H and O–H groups in total. The summed E-state index contributed by atoms with van der Waals surface area (Å²) in [7, 11) is 0. The molecule has 0 saturated carbocycles. The summed E-state index contributed by atoms with van der Waals surface area (Å²) in [4.78, 5) is 0. The molecule has 0 bridgehead atoms. The van der Waals surface area contributed by atoms with Crippen molar-refractivity contribution >= 4 is 15.9 Å². The third-order valence-electron chi connectivity index (χ3n) is 3.20. The second-order valence-corrected chi connectivity index (χ2v) is 6.14. The Morgan fingerprint density at radius 1 is 1.47 bits per heavy atom. The van der Waals surface area contributed by atoms with Crippen molar-refractivity contribution in [3.63, 3.8) is 0 Å². The van der Waals surface area contributed by atoms with Crippen LogP contribution in [0.3, 0.4) is 0 Å². The molecule has 0 unspecified atom stereocenters. The third kappa shape index (κ3) is 2.84. The van der Waals surface area contributed by atoms with Crippen LogP contribution in [-0.4, -0.2) is 43.2 Å². The molecule has 102 valence electrons. The lowest BCUT2D eigenvalue weighted by Gasteiger charge is -2.37. The molecule has 0 aromatic carbocycles. The van der Waals surface area contributed by atoms with Crippen molar-refractivity contribution in [3.8, 4) is 0 Å². The molecule has 1 aliphatic rings. The van der Waals surface area contributed by atoms with Crippen LogP contribution in [-0.2, 0) is 24.2 Å². The molecule has 19 heavy (non-hydrogen) atoms. The predicted molar refractivity (Wildman–Crippen MR) is 70.4 cm³/mol. The van der Waals surface area contributed by atoms with E-state index < -0.39 is 0 Å². The molecular weight excluding hydrogens is 312 g/mol. The Morgan fingerprint density at radius 3 is 2.95 bits per heavy atom. The summed E-state index contributed by atoms with van der Waals surface area (Å²) in [6, 6.07) is 0. The average molecular weight is 327 g/mol. The zero-order valence-corrected chi connectivity index (χ0v) is 12.2. The molecule has 3 rings (SSSR count). The van der Waals surface area contributed by atoms with Crippen LogP contribution in [0.15, 0.2) is 16.9 Å². The van der Waals surface area contributed by atoms with Crippen molar-refractivity contribution in [3.05, 3.63) is 22.7 Å². The van der Waals surface area contributed by atoms with E-state index in [1.165, 1.54) is 0 Å². The molecule has 7 nitrogen and oxygen atoms in total. The number of halogens is 1. The van der Waals surface area contributed by atoms with Gasteiger partial charge in [0.15, 0.2) is 5.82 Å². The van der Waals surface area contributed by atoms with Gasteiger partial charge in [-0.2, -0.15) is 5.10 Å². The van der Waals surface area contributed by atoms with E-state index >= 15 is 0 Å². The van der Waals surface area contributed by atoms with E-state index in [0.717, 1.165) is 43.0 Å².